The van der Waals surface area contributed by atoms with Crippen molar-refractivity contribution < 1.29 is 0 Å². The van der Waals surface area contributed by atoms with E-state index in [0.717, 1.165) is 101 Å². The molecule has 2 aromatic heterocycles. The molecule has 10 aliphatic carbocycles. The molecule has 0 unspecified atom stereocenters. The minimum atomic E-state index is 0.0912. The van der Waals surface area contributed by atoms with Crippen molar-refractivity contribution in [2.24, 2.45) is 47.3 Å². The highest BCUT2D eigenvalue weighted by molar-refractivity contribution is 6.23. The second-order valence-corrected chi connectivity index (χ2v) is 39.0. The Hall–Kier alpha value is -15.0. The van der Waals surface area contributed by atoms with Crippen LogP contribution in [-0.2, 0) is 10.8 Å². The number of rotatable bonds is 12. The van der Waals surface area contributed by atoms with Crippen LogP contribution in [0.25, 0.3) is 200 Å². The minimum absolute atomic E-state index is 0.0912. The zero-order valence-electron chi connectivity index (χ0n) is 73.5. The molecule has 8 fully saturated rings. The fourth-order valence-corrected chi connectivity index (χ4v) is 27.4. The molecule has 0 atom stereocenters. The van der Waals surface area contributed by atoms with Crippen LogP contribution in [0.2, 0.25) is 0 Å². The second kappa shape index (κ2) is 30.9. The molecule has 20 aromatic rings. The molecule has 132 heavy (non-hydrogen) atoms. The molecule has 0 radical (unpaired) electrons. The first-order chi connectivity index (χ1) is 65.4. The maximum Gasteiger partial charge on any atom is 0.165 e. The summed E-state index contributed by atoms with van der Waals surface area (Å²) in [6.45, 7) is 0. The van der Waals surface area contributed by atoms with Crippen molar-refractivity contribution >= 4 is 43.1 Å². The van der Waals surface area contributed by atoms with Gasteiger partial charge in [0.05, 0.1) is 0 Å². The first-order valence-corrected chi connectivity index (χ1v) is 47.9. The summed E-state index contributed by atoms with van der Waals surface area (Å²) in [5, 5.41) is 9.41. The third-order valence-corrected chi connectivity index (χ3v) is 32.2. The van der Waals surface area contributed by atoms with Gasteiger partial charge >= 0.3 is 0 Å². The lowest BCUT2D eigenvalue weighted by molar-refractivity contribution is -0.0399. The number of aromatic nitrogens is 6. The second-order valence-electron chi connectivity index (χ2n) is 39.0. The molecule has 18 aromatic carbocycles. The summed E-state index contributed by atoms with van der Waals surface area (Å²) in [7, 11) is 0. The molecule has 2 spiro atoms. The van der Waals surface area contributed by atoms with E-state index in [2.05, 4.69) is 394 Å². The van der Waals surface area contributed by atoms with Gasteiger partial charge in [0.15, 0.2) is 34.9 Å². The quantitative estimate of drug-likeness (QED) is 0.113. The summed E-state index contributed by atoms with van der Waals surface area (Å²) in [4.78, 5) is 32.2. The van der Waals surface area contributed by atoms with E-state index in [9.17, 15) is 0 Å². The van der Waals surface area contributed by atoms with Crippen molar-refractivity contribution in [1.82, 2.24) is 29.9 Å². The van der Waals surface area contributed by atoms with Crippen LogP contribution in [0.3, 0.4) is 0 Å². The molecular formula is C126H94N6. The number of nitrogens with zero attached hydrogens (tertiary/aromatic N) is 6. The Morgan fingerprint density at radius 1 is 0.152 bits per heavy atom. The Labute approximate surface area is 770 Å². The number of hydrogen-bond acceptors (Lipinski definition) is 6. The van der Waals surface area contributed by atoms with E-state index in [4.69, 9.17) is 29.9 Å². The standard InChI is InChI=1S/2C63H47N3/c1-3-15-41(16-4-1)42-27-29-44(30-28-42)60-64-61(55-25-12-7-19-48(55)43-17-5-2-6-18-43)66-62(65-60)59-53-23-10-8-21-51(53)58(52-22-9-11-24-54(52)59)45-31-32-50-49-20-13-14-26-56(49)63(57(50)38-45)46-34-39-33-40(36-46)37-47(63)35-39;1-3-14-41(15-4-1)45-18-13-19-46(37-45)42-26-28-44(29-27-42)61-64-60(43-16-5-2-6-17-43)65-62(66-61)59-54-23-9-7-21-52(54)58(53-22-8-10-24-55(53)59)47-30-31-51-50-20-11-12-25-56(50)63(57(51)38-47)48-33-39-32-40(35-48)36-49(63)34-39/h1-32,38-40,46-47H,33-37H2;1-31,37-40,48-49H,32-36H2. The number of fused-ring (bicyclic) bond motifs is 10. The van der Waals surface area contributed by atoms with E-state index in [-0.39, 0.29) is 10.8 Å². The van der Waals surface area contributed by atoms with Crippen molar-refractivity contribution in [3.8, 4) is 157 Å². The van der Waals surface area contributed by atoms with E-state index in [1.807, 2.05) is 6.07 Å². The van der Waals surface area contributed by atoms with Gasteiger partial charge in [0, 0.05) is 44.2 Å². The van der Waals surface area contributed by atoms with Crippen molar-refractivity contribution in [1.29, 1.82) is 0 Å². The van der Waals surface area contributed by atoms with Gasteiger partial charge in [-0.1, -0.05) is 382 Å². The molecule has 8 saturated carbocycles. The molecule has 6 nitrogen and oxygen atoms in total. The monoisotopic (exact) mass is 1690 g/mol. The Morgan fingerprint density at radius 2 is 0.402 bits per heavy atom. The maximum absolute atomic E-state index is 5.50. The van der Waals surface area contributed by atoms with E-state index < -0.39 is 0 Å². The molecule has 0 aliphatic heterocycles. The maximum atomic E-state index is 5.50. The summed E-state index contributed by atoms with van der Waals surface area (Å²) >= 11 is 0. The van der Waals surface area contributed by atoms with Gasteiger partial charge in [-0.05, 0) is 284 Å². The molecular weight excluding hydrogens is 1600 g/mol. The Balaban J connectivity index is 0.000000135. The van der Waals surface area contributed by atoms with Gasteiger partial charge < -0.3 is 0 Å². The third-order valence-electron chi connectivity index (χ3n) is 32.2. The fraction of sp³-hybridized carbons (Fsp3) is 0.159. The van der Waals surface area contributed by atoms with Crippen LogP contribution < -0.4 is 0 Å². The van der Waals surface area contributed by atoms with Gasteiger partial charge in [0.25, 0.3) is 0 Å². The lowest BCUT2D eigenvalue weighted by Gasteiger charge is -2.61. The zero-order valence-corrected chi connectivity index (χ0v) is 73.5. The van der Waals surface area contributed by atoms with Crippen LogP contribution in [0, 0.1) is 47.3 Å². The topological polar surface area (TPSA) is 77.3 Å². The first-order valence-electron chi connectivity index (χ1n) is 47.9. The minimum Gasteiger partial charge on any atom is -0.208 e. The molecule has 6 heteroatoms. The van der Waals surface area contributed by atoms with Crippen molar-refractivity contribution in [2.45, 2.75) is 75.0 Å². The van der Waals surface area contributed by atoms with Gasteiger partial charge in [-0.2, -0.15) is 0 Å². The highest BCUT2D eigenvalue weighted by Crippen LogP contribution is 2.72. The van der Waals surface area contributed by atoms with Gasteiger partial charge in [-0.3, -0.25) is 0 Å². The third kappa shape index (κ3) is 12.2. The summed E-state index contributed by atoms with van der Waals surface area (Å²) in [6, 6.07) is 146. The molecule has 0 amide bonds. The van der Waals surface area contributed by atoms with Gasteiger partial charge in [0.2, 0.25) is 0 Å². The summed E-state index contributed by atoms with van der Waals surface area (Å²) in [5.74, 6) is 10.4. The van der Waals surface area contributed by atoms with Gasteiger partial charge in [0.1, 0.15) is 0 Å². The smallest absolute Gasteiger partial charge is 0.165 e. The summed E-state index contributed by atoms with van der Waals surface area (Å²) in [5.41, 5.74) is 32.7. The average Bonchev–Trinajstić information content (AvgIpc) is 1.50. The molecule has 2 heterocycles. The van der Waals surface area contributed by atoms with Gasteiger partial charge in [-0.15, -0.1) is 0 Å². The summed E-state index contributed by atoms with van der Waals surface area (Å²) in [6.07, 6.45) is 13.9. The van der Waals surface area contributed by atoms with E-state index >= 15 is 0 Å². The predicted octanol–water partition coefficient (Wildman–Crippen LogP) is 31.8. The van der Waals surface area contributed by atoms with Crippen LogP contribution in [0.5, 0.6) is 0 Å². The van der Waals surface area contributed by atoms with Crippen LogP contribution in [0.15, 0.2) is 400 Å². The molecule has 628 valence electrons. The lowest BCUT2D eigenvalue weighted by Crippen LogP contribution is -2.55. The van der Waals surface area contributed by atoms with E-state index in [1.54, 1.807) is 22.3 Å². The highest BCUT2D eigenvalue weighted by Gasteiger charge is 2.63. The largest absolute Gasteiger partial charge is 0.208 e. The number of hydrogen-bond donors (Lipinski definition) is 0. The SMILES string of the molecule is c1ccc(-c2ccc(-c3nc(-c4ccccc4-c4ccccc4)nc(-c4c5ccccc5c(-c5ccc6c(c5)C5(c7ccccc7-6)C6CC7CC(C6)CC5C7)c5ccccc45)n3)cc2)cc1.c1ccc(-c2cccc(-c3ccc(-c4nc(-c5ccccc5)nc(-c5c6ccccc6c(-c6ccc7c(c6)C6(c8ccccc8-7)C7CC8CC(C7)CC6C8)c6ccccc56)n4)cc3)c2)cc1. The Bertz CT molecular complexity index is 7850. The van der Waals surface area contributed by atoms with E-state index in [1.165, 1.54) is 153 Å². The van der Waals surface area contributed by atoms with E-state index in [0.29, 0.717) is 58.6 Å². The molecule has 0 N–H and O–H groups in total. The Morgan fingerprint density at radius 3 is 0.795 bits per heavy atom. The molecule has 10 aliphatic rings. The zero-order chi connectivity index (χ0) is 86.7. The average molecular weight is 1690 g/mol. The van der Waals surface area contributed by atoms with Crippen molar-refractivity contribution in [3.05, 3.63) is 423 Å². The van der Waals surface area contributed by atoms with Crippen LogP contribution in [0.4, 0.5) is 0 Å². The molecule has 30 rings (SSSR count). The first kappa shape index (κ1) is 77.0. The van der Waals surface area contributed by atoms with Crippen LogP contribution >= 0.6 is 0 Å². The highest BCUT2D eigenvalue weighted by atomic mass is 15.0. The predicted molar refractivity (Wildman–Crippen MR) is 541 cm³/mol. The van der Waals surface area contributed by atoms with Crippen LogP contribution in [0.1, 0.15) is 86.5 Å². The van der Waals surface area contributed by atoms with Crippen LogP contribution in [-0.4, -0.2) is 29.9 Å². The fourth-order valence-electron chi connectivity index (χ4n) is 27.4. The number of benzene rings is 18. The van der Waals surface area contributed by atoms with Gasteiger partial charge in [-0.25, -0.2) is 29.9 Å². The molecule has 8 bridgehead atoms. The van der Waals surface area contributed by atoms with Crippen molar-refractivity contribution in [2.75, 3.05) is 0 Å². The normalized spacial score (nSPS) is 21.1. The lowest BCUT2D eigenvalue weighted by atomic mass is 9.43. The van der Waals surface area contributed by atoms with Crippen molar-refractivity contribution in [3.63, 3.8) is 0 Å². The Kier molecular flexibility index (Phi) is 18.0. The summed E-state index contributed by atoms with van der Waals surface area (Å²) < 4.78 is 0. The molecule has 0 saturated heterocycles.